The van der Waals surface area contributed by atoms with E-state index >= 15 is 0 Å². The SMILES string of the molecule is Cc1ccc2c(c1)N(C(=O)COC(=O)c1ccccc1I)CCO2. The van der Waals surface area contributed by atoms with Gasteiger partial charge in [0.1, 0.15) is 12.4 Å². The van der Waals surface area contributed by atoms with Gasteiger partial charge < -0.3 is 14.4 Å². The molecule has 0 spiro atoms. The van der Waals surface area contributed by atoms with Gasteiger partial charge in [-0.2, -0.15) is 0 Å². The Morgan fingerprint density at radius 1 is 1.25 bits per heavy atom. The van der Waals surface area contributed by atoms with Gasteiger partial charge in [0.2, 0.25) is 0 Å². The molecule has 24 heavy (non-hydrogen) atoms. The summed E-state index contributed by atoms with van der Waals surface area (Å²) in [5.41, 5.74) is 2.22. The van der Waals surface area contributed by atoms with Crippen molar-refractivity contribution in [2.75, 3.05) is 24.7 Å². The lowest BCUT2D eigenvalue weighted by Gasteiger charge is -2.29. The maximum atomic E-state index is 12.5. The number of esters is 1. The van der Waals surface area contributed by atoms with E-state index in [1.54, 1.807) is 17.0 Å². The van der Waals surface area contributed by atoms with Gasteiger partial charge in [0.15, 0.2) is 6.61 Å². The molecule has 0 saturated carbocycles. The molecule has 0 aliphatic carbocycles. The zero-order valence-electron chi connectivity index (χ0n) is 13.1. The first kappa shape index (κ1) is 16.8. The Bertz CT molecular complexity index is 790. The molecule has 1 heterocycles. The van der Waals surface area contributed by atoms with Crippen LogP contribution in [-0.2, 0) is 9.53 Å². The minimum absolute atomic E-state index is 0.260. The van der Waals surface area contributed by atoms with Crippen molar-refractivity contribution in [3.8, 4) is 5.75 Å². The van der Waals surface area contributed by atoms with Gasteiger partial charge in [0, 0.05) is 3.57 Å². The Labute approximate surface area is 153 Å². The summed E-state index contributed by atoms with van der Waals surface area (Å²) in [6, 6.07) is 12.8. The van der Waals surface area contributed by atoms with Crippen LogP contribution in [0.15, 0.2) is 42.5 Å². The molecule has 0 atom stereocenters. The predicted octanol–water partition coefficient (Wildman–Crippen LogP) is 3.18. The van der Waals surface area contributed by atoms with E-state index in [2.05, 4.69) is 22.6 Å². The van der Waals surface area contributed by atoms with Gasteiger partial charge in [0.25, 0.3) is 5.91 Å². The van der Waals surface area contributed by atoms with Gasteiger partial charge in [0.05, 0.1) is 17.8 Å². The molecular weight excluding hydrogens is 421 g/mol. The normalized spacial score (nSPS) is 13.0. The fourth-order valence-electron chi connectivity index (χ4n) is 2.50. The minimum Gasteiger partial charge on any atom is -0.490 e. The molecular formula is C18H16INO4. The van der Waals surface area contributed by atoms with Crippen LogP contribution in [0.1, 0.15) is 15.9 Å². The quantitative estimate of drug-likeness (QED) is 0.547. The van der Waals surface area contributed by atoms with Crippen LogP contribution < -0.4 is 9.64 Å². The molecule has 0 unspecified atom stereocenters. The fourth-order valence-corrected chi connectivity index (χ4v) is 3.10. The Hall–Kier alpha value is -2.09. The first-order valence-electron chi connectivity index (χ1n) is 7.52. The lowest BCUT2D eigenvalue weighted by molar-refractivity contribution is -0.121. The van der Waals surface area contributed by atoms with Crippen LogP contribution in [0.2, 0.25) is 0 Å². The highest BCUT2D eigenvalue weighted by Gasteiger charge is 2.25. The maximum Gasteiger partial charge on any atom is 0.339 e. The summed E-state index contributed by atoms with van der Waals surface area (Å²) in [5, 5.41) is 0. The number of aryl methyl sites for hydroxylation is 1. The highest BCUT2D eigenvalue weighted by Crippen LogP contribution is 2.32. The molecule has 1 aliphatic rings. The molecule has 2 aromatic rings. The summed E-state index contributed by atoms with van der Waals surface area (Å²) < 4.78 is 11.6. The molecule has 3 rings (SSSR count). The van der Waals surface area contributed by atoms with Crippen LogP contribution in [0.25, 0.3) is 0 Å². The smallest absolute Gasteiger partial charge is 0.339 e. The Morgan fingerprint density at radius 2 is 2.04 bits per heavy atom. The summed E-state index contributed by atoms with van der Waals surface area (Å²) in [5.74, 6) is -0.0837. The van der Waals surface area contributed by atoms with E-state index in [9.17, 15) is 9.59 Å². The second-order valence-electron chi connectivity index (χ2n) is 5.42. The number of rotatable bonds is 3. The van der Waals surface area contributed by atoms with Crippen molar-refractivity contribution in [3.63, 3.8) is 0 Å². The number of hydrogen-bond acceptors (Lipinski definition) is 4. The number of hydrogen-bond donors (Lipinski definition) is 0. The standard InChI is InChI=1S/C18H16INO4/c1-12-6-7-16-15(10-12)20(8-9-23-16)17(21)11-24-18(22)13-4-2-3-5-14(13)19/h2-7,10H,8-9,11H2,1H3. The van der Waals surface area contributed by atoms with Crippen LogP contribution in [0.5, 0.6) is 5.75 Å². The number of halogens is 1. The molecule has 5 nitrogen and oxygen atoms in total. The minimum atomic E-state index is -0.494. The molecule has 0 aromatic heterocycles. The summed E-state index contributed by atoms with van der Waals surface area (Å²) in [6.45, 7) is 2.52. The molecule has 124 valence electrons. The molecule has 2 aromatic carbocycles. The van der Waals surface area contributed by atoms with Gasteiger partial charge in [-0.15, -0.1) is 0 Å². The van der Waals surface area contributed by atoms with Crippen LogP contribution in [0.3, 0.4) is 0 Å². The Kier molecular flexibility index (Phi) is 5.03. The molecule has 0 bridgehead atoms. The summed E-state index contributed by atoms with van der Waals surface area (Å²) in [6.07, 6.45) is 0. The monoisotopic (exact) mass is 437 g/mol. The largest absolute Gasteiger partial charge is 0.490 e. The van der Waals surface area contributed by atoms with Crippen molar-refractivity contribution >= 4 is 40.2 Å². The lowest BCUT2D eigenvalue weighted by Crippen LogP contribution is -2.40. The first-order chi connectivity index (χ1) is 11.6. The maximum absolute atomic E-state index is 12.5. The number of carbonyl (C=O) groups excluding carboxylic acids is 2. The van der Waals surface area contributed by atoms with E-state index in [-0.39, 0.29) is 12.5 Å². The van der Waals surface area contributed by atoms with E-state index in [4.69, 9.17) is 9.47 Å². The van der Waals surface area contributed by atoms with Crippen LogP contribution >= 0.6 is 22.6 Å². The second-order valence-corrected chi connectivity index (χ2v) is 6.58. The third-order valence-electron chi connectivity index (χ3n) is 3.70. The van der Waals surface area contributed by atoms with Gasteiger partial charge in [-0.3, -0.25) is 4.79 Å². The van der Waals surface area contributed by atoms with Crippen LogP contribution in [0, 0.1) is 10.5 Å². The average Bonchev–Trinajstić information content (AvgIpc) is 2.59. The van der Waals surface area contributed by atoms with Gasteiger partial charge >= 0.3 is 5.97 Å². The van der Waals surface area contributed by atoms with Crippen molar-refractivity contribution in [2.45, 2.75) is 6.92 Å². The summed E-state index contributed by atoms with van der Waals surface area (Å²) in [7, 11) is 0. The lowest BCUT2D eigenvalue weighted by atomic mass is 10.1. The number of nitrogens with zero attached hydrogens (tertiary/aromatic N) is 1. The number of anilines is 1. The third-order valence-corrected chi connectivity index (χ3v) is 4.64. The molecule has 1 aliphatic heterocycles. The number of fused-ring (bicyclic) bond motifs is 1. The van der Waals surface area contributed by atoms with E-state index < -0.39 is 5.97 Å². The highest BCUT2D eigenvalue weighted by molar-refractivity contribution is 14.1. The van der Waals surface area contributed by atoms with E-state index in [0.29, 0.717) is 24.5 Å². The summed E-state index contributed by atoms with van der Waals surface area (Å²) in [4.78, 5) is 26.2. The molecule has 0 radical (unpaired) electrons. The Morgan fingerprint density at radius 3 is 2.83 bits per heavy atom. The zero-order chi connectivity index (χ0) is 17.1. The second kappa shape index (κ2) is 7.21. The fraction of sp³-hybridized carbons (Fsp3) is 0.222. The Balaban J connectivity index is 1.70. The van der Waals surface area contributed by atoms with E-state index in [0.717, 1.165) is 14.8 Å². The molecule has 6 heteroatoms. The molecule has 1 amide bonds. The van der Waals surface area contributed by atoms with E-state index in [1.165, 1.54) is 0 Å². The van der Waals surface area contributed by atoms with Crippen molar-refractivity contribution in [2.24, 2.45) is 0 Å². The highest BCUT2D eigenvalue weighted by atomic mass is 127. The number of carbonyl (C=O) groups is 2. The molecule has 0 saturated heterocycles. The van der Waals surface area contributed by atoms with Crippen molar-refractivity contribution < 1.29 is 19.1 Å². The third kappa shape index (κ3) is 3.53. The van der Waals surface area contributed by atoms with E-state index in [1.807, 2.05) is 37.3 Å². The first-order valence-corrected chi connectivity index (χ1v) is 8.59. The van der Waals surface area contributed by atoms with Gasteiger partial charge in [-0.1, -0.05) is 18.2 Å². The van der Waals surface area contributed by atoms with Gasteiger partial charge in [-0.25, -0.2) is 4.79 Å². The van der Waals surface area contributed by atoms with Crippen molar-refractivity contribution in [1.82, 2.24) is 0 Å². The van der Waals surface area contributed by atoms with Crippen LogP contribution in [-0.4, -0.2) is 31.6 Å². The van der Waals surface area contributed by atoms with Gasteiger partial charge in [-0.05, 0) is 59.3 Å². The summed E-state index contributed by atoms with van der Waals surface area (Å²) >= 11 is 2.07. The predicted molar refractivity (Wildman–Crippen MR) is 98.5 cm³/mol. The van der Waals surface area contributed by atoms with Crippen molar-refractivity contribution in [1.29, 1.82) is 0 Å². The number of ether oxygens (including phenoxy) is 2. The molecule has 0 fully saturated rings. The zero-order valence-corrected chi connectivity index (χ0v) is 15.3. The number of amides is 1. The topological polar surface area (TPSA) is 55.8 Å². The average molecular weight is 437 g/mol. The molecule has 0 N–H and O–H groups in total. The van der Waals surface area contributed by atoms with Crippen LogP contribution in [0.4, 0.5) is 5.69 Å². The van der Waals surface area contributed by atoms with Crippen molar-refractivity contribution in [3.05, 3.63) is 57.2 Å². The number of benzene rings is 2.